The minimum absolute atomic E-state index is 0.0709. The Kier molecular flexibility index (Phi) is 8.26. The Bertz CT molecular complexity index is 353. The summed E-state index contributed by atoms with van der Waals surface area (Å²) in [4.78, 5) is 0. The predicted molar refractivity (Wildman–Crippen MR) is 80.9 cm³/mol. The molecule has 20 heavy (non-hydrogen) atoms. The van der Waals surface area contributed by atoms with Crippen molar-refractivity contribution < 1.29 is 14.6 Å². The van der Waals surface area contributed by atoms with Crippen LogP contribution in [0.3, 0.4) is 0 Å². The molecular weight excluding hydrogens is 254 g/mol. The highest BCUT2D eigenvalue weighted by Crippen LogP contribution is 2.18. The number of nitrogens with two attached hydrogens (primary N) is 1. The molecule has 0 heterocycles. The molecule has 1 aromatic carbocycles. The maximum atomic E-state index is 9.72. The van der Waals surface area contributed by atoms with Crippen LogP contribution in [-0.2, 0) is 4.74 Å². The van der Waals surface area contributed by atoms with E-state index in [1.165, 1.54) is 0 Å². The van der Waals surface area contributed by atoms with Crippen molar-refractivity contribution in [1.82, 2.24) is 0 Å². The molecule has 0 aliphatic heterocycles. The van der Waals surface area contributed by atoms with Crippen molar-refractivity contribution in [2.24, 2.45) is 5.73 Å². The van der Waals surface area contributed by atoms with Gasteiger partial charge in [0.05, 0.1) is 6.61 Å². The number of benzene rings is 1. The van der Waals surface area contributed by atoms with E-state index < -0.39 is 6.10 Å². The van der Waals surface area contributed by atoms with E-state index in [1.54, 1.807) is 0 Å². The first-order valence-corrected chi connectivity index (χ1v) is 7.41. The lowest BCUT2D eigenvalue weighted by molar-refractivity contribution is 0.0113. The zero-order chi connectivity index (χ0) is 14.8. The summed E-state index contributed by atoms with van der Waals surface area (Å²) >= 11 is 0. The second-order valence-electron chi connectivity index (χ2n) is 4.98. The maximum absolute atomic E-state index is 9.72. The van der Waals surface area contributed by atoms with Crippen molar-refractivity contribution in [3.05, 3.63) is 29.8 Å². The first-order chi connectivity index (χ1) is 9.67. The minimum Gasteiger partial charge on any atom is -0.491 e. The van der Waals surface area contributed by atoms with Gasteiger partial charge in [0.25, 0.3) is 0 Å². The molecule has 1 aromatic rings. The molecule has 0 spiro atoms. The van der Waals surface area contributed by atoms with Crippen LogP contribution in [0.4, 0.5) is 0 Å². The molecule has 0 bridgehead atoms. The number of aliphatic hydroxyl groups excluding tert-OH is 1. The Morgan fingerprint density at radius 2 is 1.85 bits per heavy atom. The van der Waals surface area contributed by atoms with Gasteiger partial charge in [-0.25, -0.2) is 0 Å². The number of rotatable bonds is 10. The lowest BCUT2D eigenvalue weighted by atomic mass is 10.1. The fourth-order valence-corrected chi connectivity index (χ4v) is 1.75. The van der Waals surface area contributed by atoms with E-state index in [0.29, 0.717) is 13.2 Å². The van der Waals surface area contributed by atoms with Crippen LogP contribution in [0, 0.1) is 0 Å². The van der Waals surface area contributed by atoms with Crippen molar-refractivity contribution >= 4 is 0 Å². The van der Waals surface area contributed by atoms with Crippen LogP contribution in [0.15, 0.2) is 24.3 Å². The molecule has 4 heteroatoms. The van der Waals surface area contributed by atoms with Crippen LogP contribution in [0.5, 0.6) is 5.75 Å². The van der Waals surface area contributed by atoms with E-state index in [0.717, 1.165) is 30.6 Å². The SMILES string of the molecule is CCCCOCC(O)COc1ccc([C@H](N)CC)cc1. The molecule has 0 aliphatic carbocycles. The number of unbranched alkanes of at least 4 members (excludes halogenated alkanes) is 1. The summed E-state index contributed by atoms with van der Waals surface area (Å²) in [6.07, 6.45) is 2.43. The van der Waals surface area contributed by atoms with E-state index in [1.807, 2.05) is 24.3 Å². The minimum atomic E-state index is -0.593. The Morgan fingerprint density at radius 3 is 2.45 bits per heavy atom. The zero-order valence-electron chi connectivity index (χ0n) is 12.5. The molecule has 4 nitrogen and oxygen atoms in total. The lowest BCUT2D eigenvalue weighted by Crippen LogP contribution is -2.23. The molecular formula is C16H27NO3. The molecule has 2 atom stereocenters. The van der Waals surface area contributed by atoms with Crippen LogP contribution in [0.25, 0.3) is 0 Å². The summed E-state index contributed by atoms with van der Waals surface area (Å²) < 4.78 is 10.9. The van der Waals surface area contributed by atoms with Gasteiger partial charge in [-0.1, -0.05) is 32.4 Å². The van der Waals surface area contributed by atoms with Gasteiger partial charge in [0.15, 0.2) is 0 Å². The largest absolute Gasteiger partial charge is 0.491 e. The van der Waals surface area contributed by atoms with Gasteiger partial charge in [0.1, 0.15) is 18.5 Å². The number of hydrogen-bond acceptors (Lipinski definition) is 4. The van der Waals surface area contributed by atoms with Gasteiger partial charge in [-0.2, -0.15) is 0 Å². The third-order valence-corrected chi connectivity index (χ3v) is 3.14. The quantitative estimate of drug-likeness (QED) is 0.647. The second kappa shape index (κ2) is 9.75. The molecule has 3 N–H and O–H groups in total. The Labute approximate surface area is 121 Å². The molecule has 1 rings (SSSR count). The Morgan fingerprint density at radius 1 is 1.15 bits per heavy atom. The lowest BCUT2D eigenvalue weighted by Gasteiger charge is -2.14. The first kappa shape index (κ1) is 17.0. The molecule has 0 radical (unpaired) electrons. The van der Waals surface area contributed by atoms with Gasteiger partial charge in [-0.05, 0) is 30.5 Å². The van der Waals surface area contributed by atoms with Gasteiger partial charge >= 0.3 is 0 Å². The average Bonchev–Trinajstić information content (AvgIpc) is 2.49. The van der Waals surface area contributed by atoms with Crippen molar-refractivity contribution in [2.45, 2.75) is 45.3 Å². The summed E-state index contributed by atoms with van der Waals surface area (Å²) in [5.41, 5.74) is 7.05. The van der Waals surface area contributed by atoms with Gasteiger partial charge in [-0.15, -0.1) is 0 Å². The van der Waals surface area contributed by atoms with Crippen molar-refractivity contribution in [3.63, 3.8) is 0 Å². The standard InChI is InChI=1S/C16H27NO3/c1-3-5-10-19-11-14(18)12-20-15-8-6-13(7-9-15)16(17)4-2/h6-9,14,16,18H,3-5,10-12,17H2,1-2H3/t14?,16-/m1/s1. The molecule has 114 valence electrons. The summed E-state index contributed by atoms with van der Waals surface area (Å²) in [5.74, 6) is 0.740. The Hall–Kier alpha value is -1.10. The fourth-order valence-electron chi connectivity index (χ4n) is 1.75. The smallest absolute Gasteiger partial charge is 0.119 e. The average molecular weight is 281 g/mol. The second-order valence-corrected chi connectivity index (χ2v) is 4.98. The molecule has 0 aliphatic rings. The highest BCUT2D eigenvalue weighted by Gasteiger charge is 2.07. The third kappa shape index (κ3) is 6.37. The molecule has 0 amide bonds. The van der Waals surface area contributed by atoms with Gasteiger partial charge in [0, 0.05) is 12.6 Å². The fraction of sp³-hybridized carbons (Fsp3) is 0.625. The van der Waals surface area contributed by atoms with Gasteiger partial charge < -0.3 is 20.3 Å². The van der Waals surface area contributed by atoms with Crippen molar-refractivity contribution in [1.29, 1.82) is 0 Å². The van der Waals surface area contributed by atoms with E-state index in [9.17, 15) is 5.11 Å². The highest BCUT2D eigenvalue weighted by molar-refractivity contribution is 5.28. The molecule has 0 saturated carbocycles. The topological polar surface area (TPSA) is 64.7 Å². The van der Waals surface area contributed by atoms with Crippen LogP contribution < -0.4 is 10.5 Å². The summed E-state index contributed by atoms with van der Waals surface area (Å²) in [5, 5.41) is 9.72. The maximum Gasteiger partial charge on any atom is 0.119 e. The third-order valence-electron chi connectivity index (χ3n) is 3.14. The van der Waals surface area contributed by atoms with Crippen molar-refractivity contribution in [3.8, 4) is 5.75 Å². The van der Waals surface area contributed by atoms with E-state index in [4.69, 9.17) is 15.2 Å². The summed E-state index contributed by atoms with van der Waals surface area (Å²) in [6.45, 7) is 5.42. The monoisotopic (exact) mass is 281 g/mol. The highest BCUT2D eigenvalue weighted by atomic mass is 16.5. The number of ether oxygens (including phenoxy) is 2. The number of hydrogen-bond donors (Lipinski definition) is 2. The summed E-state index contributed by atoms with van der Waals surface area (Å²) in [7, 11) is 0. The van der Waals surface area contributed by atoms with Gasteiger partial charge in [-0.3, -0.25) is 0 Å². The Balaban J connectivity index is 2.27. The zero-order valence-corrected chi connectivity index (χ0v) is 12.5. The molecule has 0 aromatic heterocycles. The molecule has 0 fully saturated rings. The number of aliphatic hydroxyl groups is 1. The van der Waals surface area contributed by atoms with Crippen molar-refractivity contribution in [2.75, 3.05) is 19.8 Å². The van der Waals surface area contributed by atoms with Crippen LogP contribution in [0.1, 0.15) is 44.7 Å². The van der Waals surface area contributed by atoms with Crippen LogP contribution >= 0.6 is 0 Å². The normalized spacial score (nSPS) is 14.0. The van der Waals surface area contributed by atoms with E-state index >= 15 is 0 Å². The van der Waals surface area contributed by atoms with E-state index in [2.05, 4.69) is 13.8 Å². The summed E-state index contributed by atoms with van der Waals surface area (Å²) in [6, 6.07) is 7.77. The van der Waals surface area contributed by atoms with E-state index in [-0.39, 0.29) is 12.6 Å². The van der Waals surface area contributed by atoms with Gasteiger partial charge in [0.2, 0.25) is 0 Å². The predicted octanol–water partition coefficient (Wildman–Crippen LogP) is 2.65. The molecule has 0 saturated heterocycles. The van der Waals surface area contributed by atoms with Crippen LogP contribution in [0.2, 0.25) is 0 Å². The van der Waals surface area contributed by atoms with Crippen LogP contribution in [-0.4, -0.2) is 31.0 Å². The first-order valence-electron chi connectivity index (χ1n) is 7.41. The molecule has 1 unspecified atom stereocenters.